The SMILES string of the molecule is Cc1ccc(NC(=O)c2c(C)c(C(=O)C(=O)NC3(c4c[nH]nn4)CC3)c3n2[C@@H]2C[C@@H]2C3)cc1Cl. The Morgan fingerprint density at radius 2 is 2.03 bits per heavy atom. The van der Waals surface area contributed by atoms with Crippen LogP contribution in [-0.4, -0.2) is 37.6 Å². The molecule has 0 spiro atoms. The van der Waals surface area contributed by atoms with Gasteiger partial charge in [-0.1, -0.05) is 22.9 Å². The van der Waals surface area contributed by atoms with Gasteiger partial charge in [0, 0.05) is 28.6 Å². The van der Waals surface area contributed by atoms with Crippen molar-refractivity contribution >= 4 is 34.9 Å². The molecule has 174 valence electrons. The van der Waals surface area contributed by atoms with Crippen molar-refractivity contribution in [2.75, 3.05) is 5.32 Å². The van der Waals surface area contributed by atoms with E-state index < -0.39 is 17.2 Å². The fourth-order valence-corrected chi connectivity index (χ4v) is 5.37. The summed E-state index contributed by atoms with van der Waals surface area (Å²) in [5, 5.41) is 16.7. The lowest BCUT2D eigenvalue weighted by atomic mass is 10.0. The molecule has 1 aromatic carbocycles. The molecule has 0 saturated heterocycles. The fraction of sp³-hybridized carbons (Fsp3) is 0.375. The number of carbonyl (C=O) groups is 3. The van der Waals surface area contributed by atoms with Gasteiger partial charge in [0.05, 0.1) is 11.1 Å². The van der Waals surface area contributed by atoms with Crippen LogP contribution >= 0.6 is 11.6 Å². The molecule has 3 N–H and O–H groups in total. The number of ketones is 1. The van der Waals surface area contributed by atoms with Crippen LogP contribution in [0.2, 0.25) is 5.02 Å². The van der Waals surface area contributed by atoms with Gasteiger partial charge in [0.2, 0.25) is 0 Å². The Kier molecular flexibility index (Phi) is 4.51. The highest BCUT2D eigenvalue weighted by molar-refractivity contribution is 6.44. The molecule has 1 aliphatic heterocycles. The molecule has 3 aliphatic rings. The maximum Gasteiger partial charge on any atom is 0.293 e. The minimum absolute atomic E-state index is 0.200. The normalized spacial score (nSPS) is 20.9. The zero-order valence-corrected chi connectivity index (χ0v) is 19.5. The van der Waals surface area contributed by atoms with Crippen LogP contribution in [0.1, 0.15) is 68.7 Å². The van der Waals surface area contributed by atoms with Crippen LogP contribution in [0.15, 0.2) is 24.4 Å². The Morgan fingerprint density at radius 3 is 2.71 bits per heavy atom. The first kappa shape index (κ1) is 21.1. The van der Waals surface area contributed by atoms with Crippen LogP contribution in [0.5, 0.6) is 0 Å². The predicted molar refractivity (Wildman–Crippen MR) is 124 cm³/mol. The topological polar surface area (TPSA) is 122 Å². The van der Waals surface area contributed by atoms with Crippen molar-refractivity contribution in [2.24, 2.45) is 5.92 Å². The van der Waals surface area contributed by atoms with Gasteiger partial charge < -0.3 is 15.2 Å². The van der Waals surface area contributed by atoms with Crippen LogP contribution in [0.25, 0.3) is 0 Å². The molecule has 3 heterocycles. The van der Waals surface area contributed by atoms with Crippen molar-refractivity contribution in [3.63, 3.8) is 0 Å². The monoisotopic (exact) mass is 478 g/mol. The maximum absolute atomic E-state index is 13.4. The molecule has 2 fully saturated rings. The summed E-state index contributed by atoms with van der Waals surface area (Å²) in [5.41, 5.74) is 3.54. The first-order valence-electron chi connectivity index (χ1n) is 11.3. The molecular formula is C24H23ClN6O3. The van der Waals surface area contributed by atoms with E-state index in [-0.39, 0.29) is 11.9 Å². The third-order valence-corrected chi connectivity index (χ3v) is 7.72. The number of halogens is 1. The van der Waals surface area contributed by atoms with E-state index in [2.05, 4.69) is 26.0 Å². The zero-order chi connectivity index (χ0) is 23.8. The summed E-state index contributed by atoms with van der Waals surface area (Å²) in [7, 11) is 0. The van der Waals surface area contributed by atoms with Crippen molar-refractivity contribution in [2.45, 2.75) is 51.1 Å². The third-order valence-electron chi connectivity index (χ3n) is 7.31. The van der Waals surface area contributed by atoms with Gasteiger partial charge in [-0.3, -0.25) is 19.5 Å². The van der Waals surface area contributed by atoms with Crippen molar-refractivity contribution < 1.29 is 14.4 Å². The highest BCUT2D eigenvalue weighted by Crippen LogP contribution is 2.54. The van der Waals surface area contributed by atoms with Crippen LogP contribution in [-0.2, 0) is 16.8 Å². The molecule has 2 aromatic heterocycles. The number of hydrogen-bond donors (Lipinski definition) is 3. The van der Waals surface area contributed by atoms with Gasteiger partial charge in [0.25, 0.3) is 17.6 Å². The smallest absolute Gasteiger partial charge is 0.293 e. The number of nitrogens with zero attached hydrogens (tertiary/aromatic N) is 3. The van der Waals surface area contributed by atoms with Gasteiger partial charge in [-0.05, 0) is 68.7 Å². The largest absolute Gasteiger partial charge is 0.338 e. The lowest BCUT2D eigenvalue weighted by molar-refractivity contribution is -0.118. The number of rotatable bonds is 6. The molecule has 0 radical (unpaired) electrons. The average molecular weight is 479 g/mol. The van der Waals surface area contributed by atoms with Crippen LogP contribution in [0.4, 0.5) is 5.69 Å². The summed E-state index contributed by atoms with van der Waals surface area (Å²) in [6, 6.07) is 5.54. The second kappa shape index (κ2) is 7.27. The lowest BCUT2D eigenvalue weighted by Gasteiger charge is -2.14. The number of Topliss-reactive ketones (excluding diaryl/α,β-unsaturated/α-hetero) is 1. The number of anilines is 1. The standard InChI is InChI=1S/C24H23ClN6O3/c1-11-3-4-14(9-15(11)25)27-22(33)20-12(2)19(17-8-13-7-16(13)31(17)20)21(32)23(34)28-24(5-6-24)18-10-26-30-29-18/h3-4,9-10,13,16H,5-8H2,1-2H3,(H,27,33)(H,28,34)(H,26,29,30)/t13-,16-/m1/s1. The zero-order valence-electron chi connectivity index (χ0n) is 18.7. The first-order valence-corrected chi connectivity index (χ1v) is 11.7. The number of amides is 2. The van der Waals surface area contributed by atoms with Crippen molar-refractivity contribution in [3.05, 3.63) is 63.2 Å². The Hall–Kier alpha value is -3.46. The van der Waals surface area contributed by atoms with Crippen LogP contribution in [0, 0.1) is 19.8 Å². The minimum Gasteiger partial charge on any atom is -0.338 e. The number of carbonyl (C=O) groups excluding carboxylic acids is 3. The molecule has 2 atom stereocenters. The fourth-order valence-electron chi connectivity index (χ4n) is 5.19. The Morgan fingerprint density at radius 1 is 1.24 bits per heavy atom. The van der Waals surface area contributed by atoms with Gasteiger partial charge >= 0.3 is 0 Å². The van der Waals surface area contributed by atoms with Gasteiger partial charge in [-0.2, -0.15) is 0 Å². The Balaban J connectivity index is 1.31. The minimum atomic E-state index is -0.685. The van der Waals surface area contributed by atoms with E-state index in [0.29, 0.717) is 58.4 Å². The van der Waals surface area contributed by atoms with E-state index >= 15 is 0 Å². The number of aryl methyl sites for hydroxylation is 1. The molecular weight excluding hydrogens is 456 g/mol. The molecule has 3 aromatic rings. The molecule has 2 amide bonds. The molecule has 2 aliphatic carbocycles. The quantitative estimate of drug-likeness (QED) is 0.371. The summed E-state index contributed by atoms with van der Waals surface area (Å²) in [6.45, 7) is 3.63. The molecule has 34 heavy (non-hydrogen) atoms. The summed E-state index contributed by atoms with van der Waals surface area (Å²) >= 11 is 6.22. The summed E-state index contributed by atoms with van der Waals surface area (Å²) in [6.07, 6.45) is 4.70. The number of aromatic nitrogens is 4. The van der Waals surface area contributed by atoms with Gasteiger partial charge in [-0.15, -0.1) is 5.10 Å². The van der Waals surface area contributed by atoms with E-state index in [1.807, 2.05) is 17.6 Å². The van der Waals surface area contributed by atoms with E-state index in [1.165, 1.54) is 0 Å². The first-order chi connectivity index (χ1) is 16.3. The summed E-state index contributed by atoms with van der Waals surface area (Å²) in [5.74, 6) is -1.20. The molecule has 10 heteroatoms. The maximum atomic E-state index is 13.4. The van der Waals surface area contributed by atoms with Gasteiger partial charge in [0.15, 0.2) is 0 Å². The molecule has 0 bridgehead atoms. The number of benzene rings is 1. The Labute approximate surface area is 200 Å². The average Bonchev–Trinajstić information content (AvgIpc) is 3.59. The second-order valence-corrected chi connectivity index (χ2v) is 9.98. The molecule has 9 nitrogen and oxygen atoms in total. The molecule has 2 saturated carbocycles. The lowest BCUT2D eigenvalue weighted by Crippen LogP contribution is -2.40. The second-order valence-electron chi connectivity index (χ2n) is 9.57. The van der Waals surface area contributed by atoms with Gasteiger partial charge in [-0.25, -0.2) is 0 Å². The van der Waals surface area contributed by atoms with Crippen molar-refractivity contribution in [3.8, 4) is 0 Å². The summed E-state index contributed by atoms with van der Waals surface area (Å²) in [4.78, 5) is 39.8. The van der Waals surface area contributed by atoms with Crippen LogP contribution in [0.3, 0.4) is 0 Å². The highest BCUT2D eigenvalue weighted by Gasteiger charge is 2.52. The van der Waals surface area contributed by atoms with E-state index in [0.717, 1.165) is 17.7 Å². The van der Waals surface area contributed by atoms with E-state index in [9.17, 15) is 14.4 Å². The van der Waals surface area contributed by atoms with Gasteiger partial charge in [0.1, 0.15) is 11.4 Å². The van der Waals surface area contributed by atoms with Crippen LogP contribution < -0.4 is 10.6 Å². The van der Waals surface area contributed by atoms with Crippen molar-refractivity contribution in [1.29, 1.82) is 0 Å². The molecule has 6 rings (SSSR count). The third kappa shape index (κ3) is 3.18. The van der Waals surface area contributed by atoms with E-state index in [1.54, 1.807) is 25.3 Å². The number of H-pyrrole nitrogens is 1. The molecule has 0 unspecified atom stereocenters. The highest BCUT2D eigenvalue weighted by atomic mass is 35.5. The number of hydrogen-bond acceptors (Lipinski definition) is 5. The van der Waals surface area contributed by atoms with E-state index in [4.69, 9.17) is 11.6 Å². The van der Waals surface area contributed by atoms with Crippen molar-refractivity contribution in [1.82, 2.24) is 25.3 Å². The number of nitrogens with one attached hydrogen (secondary N) is 3. The summed E-state index contributed by atoms with van der Waals surface area (Å²) < 4.78 is 1.97. The predicted octanol–water partition coefficient (Wildman–Crippen LogP) is 3.23. The number of fused-ring (bicyclic) bond motifs is 3. The number of aromatic amines is 1. The Bertz CT molecular complexity index is 1370.